The van der Waals surface area contributed by atoms with Gasteiger partial charge in [0.15, 0.2) is 0 Å². The van der Waals surface area contributed by atoms with Crippen LogP contribution in [0.15, 0.2) is 54.6 Å². The number of carbonyl (C=O) groups excluding carboxylic acids is 2. The van der Waals surface area contributed by atoms with Gasteiger partial charge in [-0.25, -0.2) is 0 Å². The molecular weight excluding hydrogens is 364 g/mol. The number of ether oxygens (including phenoxy) is 1. The molecule has 5 nitrogen and oxygen atoms in total. The molecule has 0 fully saturated rings. The molecule has 2 aromatic carbocycles. The van der Waals surface area contributed by atoms with E-state index in [1.807, 2.05) is 61.5 Å². The highest BCUT2D eigenvalue weighted by Gasteiger charge is 2.29. The first-order chi connectivity index (χ1) is 13.9. The predicted octanol–water partition coefficient (Wildman–Crippen LogP) is 3.82. The molecule has 29 heavy (non-hydrogen) atoms. The van der Waals surface area contributed by atoms with Crippen LogP contribution in [0.1, 0.15) is 38.3 Å². The molecule has 1 atom stereocenters. The second kappa shape index (κ2) is 11.2. The summed E-state index contributed by atoms with van der Waals surface area (Å²) in [6, 6.07) is 16.9. The summed E-state index contributed by atoms with van der Waals surface area (Å²) in [4.78, 5) is 27.6. The zero-order chi connectivity index (χ0) is 21.2. The maximum Gasteiger partial charge on any atom is 0.243 e. The van der Waals surface area contributed by atoms with Crippen LogP contribution in [-0.2, 0) is 22.6 Å². The van der Waals surface area contributed by atoms with Crippen molar-refractivity contribution in [3.05, 3.63) is 65.7 Å². The zero-order valence-electron chi connectivity index (χ0n) is 17.9. The Morgan fingerprint density at radius 1 is 1.00 bits per heavy atom. The monoisotopic (exact) mass is 396 g/mol. The van der Waals surface area contributed by atoms with Gasteiger partial charge in [0.2, 0.25) is 11.8 Å². The van der Waals surface area contributed by atoms with Gasteiger partial charge in [0, 0.05) is 25.9 Å². The molecule has 0 saturated heterocycles. The number of hydrogen-bond acceptors (Lipinski definition) is 3. The van der Waals surface area contributed by atoms with E-state index in [4.69, 9.17) is 4.74 Å². The molecule has 0 aromatic heterocycles. The molecule has 0 radical (unpaired) electrons. The minimum absolute atomic E-state index is 0.0403. The van der Waals surface area contributed by atoms with E-state index in [9.17, 15) is 9.59 Å². The third-order valence-corrected chi connectivity index (χ3v) is 4.77. The first-order valence-corrected chi connectivity index (χ1v) is 10.2. The molecule has 0 unspecified atom stereocenters. The van der Waals surface area contributed by atoms with Gasteiger partial charge in [-0.2, -0.15) is 0 Å². The van der Waals surface area contributed by atoms with E-state index in [0.29, 0.717) is 31.8 Å². The smallest absolute Gasteiger partial charge is 0.243 e. The molecule has 0 aliphatic heterocycles. The molecule has 0 spiro atoms. The highest BCUT2D eigenvalue weighted by Crippen LogP contribution is 2.18. The van der Waals surface area contributed by atoms with Gasteiger partial charge < -0.3 is 15.0 Å². The molecule has 0 bridgehead atoms. The largest absolute Gasteiger partial charge is 0.497 e. The lowest BCUT2D eigenvalue weighted by Gasteiger charge is -2.31. The summed E-state index contributed by atoms with van der Waals surface area (Å²) in [6.45, 7) is 6.90. The van der Waals surface area contributed by atoms with Crippen molar-refractivity contribution in [2.45, 2.75) is 46.2 Å². The summed E-state index contributed by atoms with van der Waals surface area (Å²) in [7, 11) is 1.62. The van der Waals surface area contributed by atoms with Crippen molar-refractivity contribution in [1.82, 2.24) is 10.2 Å². The van der Waals surface area contributed by atoms with Crippen LogP contribution in [0.5, 0.6) is 5.75 Å². The molecule has 2 aromatic rings. The van der Waals surface area contributed by atoms with E-state index in [-0.39, 0.29) is 11.8 Å². The number of amides is 2. The lowest BCUT2D eigenvalue weighted by atomic mass is 10.0. The standard InChI is InChI=1S/C24H32N2O3/c1-5-23(27)26(17-20-11-13-21(29-4)14-12-20)22(24(28)25-16-18(2)3)15-19-9-7-6-8-10-19/h6-14,18,22H,5,15-17H2,1-4H3,(H,25,28)/t22-/m0/s1. The third kappa shape index (κ3) is 6.93. The van der Waals surface area contributed by atoms with Crippen LogP contribution in [0.25, 0.3) is 0 Å². The molecule has 0 aliphatic rings. The molecule has 1 N–H and O–H groups in total. The number of hydrogen-bond donors (Lipinski definition) is 1. The van der Waals surface area contributed by atoms with Gasteiger partial charge in [0.1, 0.15) is 11.8 Å². The summed E-state index contributed by atoms with van der Waals surface area (Å²) < 4.78 is 5.22. The molecule has 0 aliphatic carbocycles. The molecular formula is C24H32N2O3. The Morgan fingerprint density at radius 2 is 1.66 bits per heavy atom. The highest BCUT2D eigenvalue weighted by atomic mass is 16.5. The number of benzene rings is 2. The third-order valence-electron chi connectivity index (χ3n) is 4.77. The molecule has 0 saturated carbocycles. The summed E-state index contributed by atoms with van der Waals surface area (Å²) in [5, 5.41) is 3.01. The van der Waals surface area contributed by atoms with Crippen molar-refractivity contribution in [2.24, 2.45) is 5.92 Å². The van der Waals surface area contributed by atoms with E-state index in [2.05, 4.69) is 19.2 Å². The van der Waals surface area contributed by atoms with Gasteiger partial charge in [0.05, 0.1) is 7.11 Å². The average molecular weight is 397 g/mol. The molecule has 2 amide bonds. The quantitative estimate of drug-likeness (QED) is 0.664. The fourth-order valence-electron chi connectivity index (χ4n) is 3.11. The van der Waals surface area contributed by atoms with E-state index in [1.54, 1.807) is 12.0 Å². The Morgan fingerprint density at radius 3 is 2.21 bits per heavy atom. The van der Waals surface area contributed by atoms with Gasteiger partial charge in [-0.3, -0.25) is 9.59 Å². The number of nitrogens with one attached hydrogen (secondary N) is 1. The SMILES string of the molecule is CCC(=O)N(Cc1ccc(OC)cc1)[C@@H](Cc1ccccc1)C(=O)NCC(C)C. The van der Waals surface area contributed by atoms with E-state index < -0.39 is 6.04 Å². The maximum atomic E-state index is 13.1. The fraction of sp³-hybridized carbons (Fsp3) is 0.417. The topological polar surface area (TPSA) is 58.6 Å². The molecule has 0 heterocycles. The summed E-state index contributed by atoms with van der Waals surface area (Å²) >= 11 is 0. The normalized spacial score (nSPS) is 11.8. The van der Waals surface area contributed by atoms with Crippen molar-refractivity contribution >= 4 is 11.8 Å². The van der Waals surface area contributed by atoms with E-state index in [1.165, 1.54) is 0 Å². The molecule has 156 valence electrons. The Labute approximate surface area is 174 Å². The summed E-state index contributed by atoms with van der Waals surface area (Å²) in [6.07, 6.45) is 0.825. The molecule has 2 rings (SSSR count). The van der Waals surface area contributed by atoms with Gasteiger partial charge in [0.25, 0.3) is 0 Å². The number of nitrogens with zero attached hydrogens (tertiary/aromatic N) is 1. The lowest BCUT2D eigenvalue weighted by Crippen LogP contribution is -2.50. The van der Waals surface area contributed by atoms with Crippen molar-refractivity contribution in [2.75, 3.05) is 13.7 Å². The highest BCUT2D eigenvalue weighted by molar-refractivity contribution is 5.87. The van der Waals surface area contributed by atoms with Crippen molar-refractivity contribution in [3.8, 4) is 5.75 Å². The minimum atomic E-state index is -0.564. The Bertz CT molecular complexity index is 772. The second-order valence-electron chi connectivity index (χ2n) is 7.57. The zero-order valence-corrected chi connectivity index (χ0v) is 17.9. The van der Waals surface area contributed by atoms with Gasteiger partial charge in [-0.1, -0.05) is 63.2 Å². The molecule has 5 heteroatoms. The van der Waals surface area contributed by atoms with Crippen LogP contribution in [0.2, 0.25) is 0 Å². The van der Waals surface area contributed by atoms with Crippen LogP contribution in [0.3, 0.4) is 0 Å². The Balaban J connectivity index is 2.30. The van der Waals surface area contributed by atoms with Crippen LogP contribution >= 0.6 is 0 Å². The number of carbonyl (C=O) groups is 2. The first-order valence-electron chi connectivity index (χ1n) is 10.2. The van der Waals surface area contributed by atoms with Crippen molar-refractivity contribution in [3.63, 3.8) is 0 Å². The van der Waals surface area contributed by atoms with Gasteiger partial charge >= 0.3 is 0 Å². The van der Waals surface area contributed by atoms with Crippen molar-refractivity contribution < 1.29 is 14.3 Å². The van der Waals surface area contributed by atoms with E-state index in [0.717, 1.165) is 16.9 Å². The van der Waals surface area contributed by atoms with Crippen LogP contribution in [-0.4, -0.2) is 36.4 Å². The van der Waals surface area contributed by atoms with Gasteiger partial charge in [-0.15, -0.1) is 0 Å². The number of methoxy groups -OCH3 is 1. The maximum absolute atomic E-state index is 13.1. The van der Waals surface area contributed by atoms with Crippen LogP contribution in [0, 0.1) is 5.92 Å². The predicted molar refractivity (Wildman–Crippen MR) is 116 cm³/mol. The minimum Gasteiger partial charge on any atom is -0.497 e. The Hall–Kier alpha value is -2.82. The van der Waals surface area contributed by atoms with Crippen molar-refractivity contribution in [1.29, 1.82) is 0 Å². The van der Waals surface area contributed by atoms with Gasteiger partial charge in [-0.05, 0) is 29.2 Å². The number of rotatable bonds is 10. The first kappa shape index (κ1) is 22.5. The average Bonchev–Trinajstić information content (AvgIpc) is 2.75. The van der Waals surface area contributed by atoms with Crippen LogP contribution in [0.4, 0.5) is 0 Å². The Kier molecular flexibility index (Phi) is 8.71. The van der Waals surface area contributed by atoms with Crippen LogP contribution < -0.4 is 10.1 Å². The second-order valence-corrected chi connectivity index (χ2v) is 7.57. The van der Waals surface area contributed by atoms with E-state index >= 15 is 0 Å². The summed E-state index contributed by atoms with van der Waals surface area (Å²) in [5.41, 5.74) is 1.99. The fourth-order valence-corrected chi connectivity index (χ4v) is 3.11. The lowest BCUT2D eigenvalue weighted by molar-refractivity contribution is -0.141. The summed E-state index contributed by atoms with van der Waals surface area (Å²) in [5.74, 6) is 0.949.